The molecule has 0 N–H and O–H groups in total. The van der Waals surface area contributed by atoms with Gasteiger partial charge in [-0.2, -0.15) is 17.6 Å². The largest absolute Gasteiger partial charge is 0.312 e. The molecule has 9 heavy (non-hydrogen) atoms. The Kier molecular flexibility index (Phi) is 1.07. The number of hydrogen-bond acceptors (Lipinski definition) is 0. The Morgan fingerprint density at radius 3 is 1.67 bits per heavy atom. The van der Waals surface area contributed by atoms with Crippen LogP contribution in [-0.2, 0) is 0 Å². The van der Waals surface area contributed by atoms with Crippen LogP contribution < -0.4 is 0 Å². The molecule has 0 aromatic heterocycles. The zero-order valence-electron chi connectivity index (χ0n) is 4.80. The minimum Gasteiger partial charge on any atom is -0.200 e. The van der Waals surface area contributed by atoms with Crippen molar-refractivity contribution in [2.45, 2.75) is 25.2 Å². The molecule has 0 aromatic rings. The number of hydrogen-bond donors (Lipinski definition) is 0. The van der Waals surface area contributed by atoms with Gasteiger partial charge < -0.3 is 0 Å². The summed E-state index contributed by atoms with van der Waals surface area (Å²) in [4.78, 5) is 0. The molecule has 0 bridgehead atoms. The van der Waals surface area contributed by atoms with E-state index in [2.05, 4.69) is 0 Å². The Hall–Kier alpha value is -0.280. The van der Waals surface area contributed by atoms with Gasteiger partial charge in [-0.15, -0.1) is 0 Å². The van der Waals surface area contributed by atoms with Crippen LogP contribution in [0, 0.1) is 5.92 Å². The first kappa shape index (κ1) is 6.83. The van der Waals surface area contributed by atoms with Crippen LogP contribution in [0.5, 0.6) is 0 Å². The van der Waals surface area contributed by atoms with Crippen molar-refractivity contribution in [3.63, 3.8) is 0 Å². The molecule has 1 fully saturated rings. The van der Waals surface area contributed by atoms with E-state index < -0.39 is 24.2 Å². The van der Waals surface area contributed by atoms with Crippen LogP contribution in [0.3, 0.4) is 0 Å². The lowest BCUT2D eigenvalue weighted by Gasteiger charge is -2.41. The molecule has 0 heterocycles. The smallest absolute Gasteiger partial charge is 0.200 e. The summed E-state index contributed by atoms with van der Waals surface area (Å²) in [6.07, 6.45) is -0.681. The van der Waals surface area contributed by atoms with E-state index in [4.69, 9.17) is 0 Å². The first-order valence-electron chi connectivity index (χ1n) is 2.63. The third-order valence-electron chi connectivity index (χ3n) is 1.67. The van der Waals surface area contributed by atoms with E-state index in [0.29, 0.717) is 0 Å². The molecule has 1 aliphatic rings. The van der Waals surface area contributed by atoms with E-state index >= 15 is 0 Å². The van der Waals surface area contributed by atoms with Crippen molar-refractivity contribution in [1.29, 1.82) is 0 Å². The van der Waals surface area contributed by atoms with Crippen LogP contribution >= 0.6 is 0 Å². The highest BCUT2D eigenvalue weighted by Crippen LogP contribution is 2.54. The van der Waals surface area contributed by atoms with Gasteiger partial charge in [0, 0.05) is 12.3 Å². The van der Waals surface area contributed by atoms with E-state index in [1.807, 2.05) is 0 Å². The van der Waals surface area contributed by atoms with Crippen LogP contribution in [0.4, 0.5) is 17.6 Å². The zero-order chi connectivity index (χ0) is 7.28. The minimum atomic E-state index is -3.76. The second-order valence-corrected chi connectivity index (χ2v) is 2.43. The highest BCUT2D eigenvalue weighted by molar-refractivity contribution is 5.00. The second kappa shape index (κ2) is 1.41. The van der Waals surface area contributed by atoms with Crippen LogP contribution in [-0.4, -0.2) is 11.8 Å². The monoisotopic (exact) mass is 142 g/mol. The van der Waals surface area contributed by atoms with Crippen molar-refractivity contribution in [3.05, 3.63) is 0 Å². The molecule has 0 nitrogen and oxygen atoms in total. The molecule has 0 saturated heterocycles. The maximum Gasteiger partial charge on any atom is 0.312 e. The van der Waals surface area contributed by atoms with E-state index in [0.717, 1.165) is 6.92 Å². The van der Waals surface area contributed by atoms with E-state index in [9.17, 15) is 17.6 Å². The maximum atomic E-state index is 12.0. The summed E-state index contributed by atoms with van der Waals surface area (Å²) in [6, 6.07) is 0. The van der Waals surface area contributed by atoms with Gasteiger partial charge in [0.05, 0.1) is 0 Å². The SMILES string of the molecule is C[C@H]1CC(F)(F)C1(F)F. The second-order valence-electron chi connectivity index (χ2n) is 2.43. The van der Waals surface area contributed by atoms with Gasteiger partial charge in [-0.05, 0) is 0 Å². The highest BCUT2D eigenvalue weighted by Gasteiger charge is 2.69. The molecule has 0 amide bonds. The summed E-state index contributed by atoms with van der Waals surface area (Å²) >= 11 is 0. The Balaban J connectivity index is 2.70. The van der Waals surface area contributed by atoms with Gasteiger partial charge in [0.15, 0.2) is 0 Å². The molecule has 0 aromatic carbocycles. The average molecular weight is 142 g/mol. The molecular formula is C5H6F4. The topological polar surface area (TPSA) is 0 Å². The van der Waals surface area contributed by atoms with E-state index in [-0.39, 0.29) is 0 Å². The normalized spacial score (nSPS) is 37.7. The van der Waals surface area contributed by atoms with Crippen molar-refractivity contribution >= 4 is 0 Å². The lowest BCUT2D eigenvalue weighted by Crippen LogP contribution is -2.57. The average Bonchev–Trinajstić information content (AvgIpc) is 1.65. The van der Waals surface area contributed by atoms with Crippen LogP contribution in [0.15, 0.2) is 0 Å². The first-order chi connectivity index (χ1) is 3.88. The Morgan fingerprint density at radius 2 is 1.67 bits per heavy atom. The fraction of sp³-hybridized carbons (Fsp3) is 1.00. The quantitative estimate of drug-likeness (QED) is 0.455. The van der Waals surface area contributed by atoms with Gasteiger partial charge in [0.1, 0.15) is 0 Å². The summed E-state index contributed by atoms with van der Waals surface area (Å²) in [5, 5.41) is 0. The number of alkyl halides is 4. The minimum absolute atomic E-state index is 0.681. The van der Waals surface area contributed by atoms with Crippen molar-refractivity contribution in [2.75, 3.05) is 0 Å². The Bertz CT molecular complexity index is 129. The van der Waals surface area contributed by atoms with Crippen molar-refractivity contribution in [2.24, 2.45) is 5.92 Å². The highest BCUT2D eigenvalue weighted by atomic mass is 19.3. The summed E-state index contributed by atoms with van der Waals surface area (Å²) in [5.74, 6) is -8.66. The van der Waals surface area contributed by atoms with Gasteiger partial charge in [0.2, 0.25) is 0 Å². The summed E-state index contributed by atoms with van der Waals surface area (Å²) < 4.78 is 47.6. The molecule has 0 radical (unpaired) electrons. The van der Waals surface area contributed by atoms with Gasteiger partial charge in [-0.3, -0.25) is 0 Å². The number of halogens is 4. The molecule has 1 saturated carbocycles. The van der Waals surface area contributed by atoms with Crippen molar-refractivity contribution in [3.8, 4) is 0 Å². The fourth-order valence-electron chi connectivity index (χ4n) is 0.878. The number of rotatable bonds is 0. The lowest BCUT2D eigenvalue weighted by atomic mass is 9.78. The fourth-order valence-corrected chi connectivity index (χ4v) is 0.878. The molecule has 1 rings (SSSR count). The van der Waals surface area contributed by atoms with E-state index in [1.54, 1.807) is 0 Å². The summed E-state index contributed by atoms with van der Waals surface area (Å²) in [7, 11) is 0. The third-order valence-corrected chi connectivity index (χ3v) is 1.67. The zero-order valence-corrected chi connectivity index (χ0v) is 4.80. The molecule has 0 spiro atoms. The predicted octanol–water partition coefficient (Wildman–Crippen LogP) is 2.30. The van der Waals surface area contributed by atoms with Crippen LogP contribution in [0.2, 0.25) is 0 Å². The molecule has 1 atom stereocenters. The molecule has 4 heteroatoms. The maximum absolute atomic E-state index is 12.0. The Morgan fingerprint density at radius 1 is 1.22 bits per heavy atom. The van der Waals surface area contributed by atoms with Gasteiger partial charge >= 0.3 is 11.8 Å². The van der Waals surface area contributed by atoms with Gasteiger partial charge in [-0.25, -0.2) is 0 Å². The van der Waals surface area contributed by atoms with Gasteiger partial charge in [-0.1, -0.05) is 6.92 Å². The molecule has 0 aliphatic heterocycles. The summed E-state index contributed by atoms with van der Waals surface area (Å²) in [5.41, 5.74) is 0. The molecule has 54 valence electrons. The standard InChI is InChI=1S/C5H6F4/c1-3-2-4(6,7)5(3,8)9/h3H,2H2,1H3/t3-/m0/s1. The van der Waals surface area contributed by atoms with Crippen LogP contribution in [0.1, 0.15) is 13.3 Å². The van der Waals surface area contributed by atoms with Crippen molar-refractivity contribution in [1.82, 2.24) is 0 Å². The molecular weight excluding hydrogens is 136 g/mol. The lowest BCUT2D eigenvalue weighted by molar-refractivity contribution is -0.309. The Labute approximate surface area is 49.9 Å². The van der Waals surface area contributed by atoms with Crippen LogP contribution in [0.25, 0.3) is 0 Å². The predicted molar refractivity (Wildman–Crippen MR) is 23.7 cm³/mol. The van der Waals surface area contributed by atoms with Gasteiger partial charge in [0.25, 0.3) is 0 Å². The molecule has 0 unspecified atom stereocenters. The molecule has 1 aliphatic carbocycles. The third kappa shape index (κ3) is 0.650. The summed E-state index contributed by atoms with van der Waals surface area (Å²) in [6.45, 7) is 1.12. The first-order valence-corrected chi connectivity index (χ1v) is 2.63. The van der Waals surface area contributed by atoms with Crippen molar-refractivity contribution < 1.29 is 17.6 Å². The van der Waals surface area contributed by atoms with E-state index in [1.165, 1.54) is 0 Å².